The van der Waals surface area contributed by atoms with Crippen molar-refractivity contribution in [2.75, 3.05) is 19.8 Å². The van der Waals surface area contributed by atoms with E-state index in [1.807, 2.05) is 0 Å². The van der Waals surface area contributed by atoms with Crippen molar-refractivity contribution in [2.24, 2.45) is 0 Å². The fourth-order valence-electron chi connectivity index (χ4n) is 1.82. The number of carbonyl (C=O) groups is 1. The summed E-state index contributed by atoms with van der Waals surface area (Å²) in [6.07, 6.45) is 8.95. The molecule has 0 aliphatic rings. The summed E-state index contributed by atoms with van der Waals surface area (Å²) in [7, 11) is 0. The number of carbonyl (C=O) groups excluding carboxylic acids is 1. The quantitative estimate of drug-likeness (QED) is 0.318. The van der Waals surface area contributed by atoms with E-state index in [1.54, 1.807) is 0 Å². The highest BCUT2D eigenvalue weighted by Gasteiger charge is 2.12. The molecule has 0 aromatic carbocycles. The van der Waals surface area contributed by atoms with E-state index in [1.165, 1.54) is 31.8 Å². The van der Waals surface area contributed by atoms with Crippen LogP contribution < -0.4 is 0 Å². The molecule has 1 unspecified atom stereocenters. The molecule has 0 aromatic heterocycles. The lowest BCUT2D eigenvalue weighted by Crippen LogP contribution is -2.23. The van der Waals surface area contributed by atoms with Crippen molar-refractivity contribution in [3.63, 3.8) is 0 Å². The van der Waals surface area contributed by atoms with E-state index in [4.69, 9.17) is 14.6 Å². The van der Waals surface area contributed by atoms with Crippen LogP contribution in [0.5, 0.6) is 0 Å². The van der Waals surface area contributed by atoms with Crippen LogP contribution in [-0.2, 0) is 14.3 Å². The number of rotatable bonds is 13. The van der Waals surface area contributed by atoms with Gasteiger partial charge < -0.3 is 14.6 Å². The molecular weight excluding hydrogens is 244 g/mol. The summed E-state index contributed by atoms with van der Waals surface area (Å²) in [6.45, 7) is 6.19. The zero-order chi connectivity index (χ0) is 14.3. The summed E-state index contributed by atoms with van der Waals surface area (Å²) in [6, 6.07) is 0. The first-order valence-corrected chi connectivity index (χ1v) is 7.26. The van der Waals surface area contributed by atoms with Crippen LogP contribution in [0.4, 0.5) is 0 Å². The van der Waals surface area contributed by atoms with E-state index in [2.05, 4.69) is 13.5 Å². The predicted molar refractivity (Wildman–Crippen MR) is 76.0 cm³/mol. The van der Waals surface area contributed by atoms with Crippen molar-refractivity contribution in [1.82, 2.24) is 0 Å². The SMILES string of the molecule is C=CC(=O)OC(CCCCCCCC)COCCO. The van der Waals surface area contributed by atoms with Crippen LogP contribution in [0.15, 0.2) is 12.7 Å². The Bertz CT molecular complexity index is 228. The van der Waals surface area contributed by atoms with Crippen molar-refractivity contribution >= 4 is 5.97 Å². The van der Waals surface area contributed by atoms with Gasteiger partial charge in [-0.3, -0.25) is 0 Å². The minimum absolute atomic E-state index is 0.0147. The smallest absolute Gasteiger partial charge is 0.330 e. The van der Waals surface area contributed by atoms with Crippen molar-refractivity contribution in [3.8, 4) is 0 Å². The average Bonchev–Trinajstić information content (AvgIpc) is 2.42. The fraction of sp³-hybridized carbons (Fsp3) is 0.800. The summed E-state index contributed by atoms with van der Waals surface area (Å²) in [4.78, 5) is 11.2. The van der Waals surface area contributed by atoms with Crippen LogP contribution in [0, 0.1) is 0 Å². The predicted octanol–water partition coefficient (Wildman–Crippen LogP) is 2.84. The highest BCUT2D eigenvalue weighted by Crippen LogP contribution is 2.11. The summed E-state index contributed by atoms with van der Waals surface area (Å²) in [5, 5.41) is 8.65. The molecule has 0 rings (SSSR count). The number of hydrogen-bond acceptors (Lipinski definition) is 4. The molecule has 0 amide bonds. The van der Waals surface area contributed by atoms with Crippen LogP contribution in [-0.4, -0.2) is 37.0 Å². The molecule has 0 aromatic rings. The fourth-order valence-corrected chi connectivity index (χ4v) is 1.82. The Morgan fingerprint density at radius 1 is 1.26 bits per heavy atom. The zero-order valence-electron chi connectivity index (χ0n) is 12.1. The van der Waals surface area contributed by atoms with E-state index in [9.17, 15) is 4.79 Å². The second-order valence-corrected chi connectivity index (χ2v) is 4.62. The maximum atomic E-state index is 11.2. The van der Waals surface area contributed by atoms with Crippen LogP contribution in [0.1, 0.15) is 51.9 Å². The number of aliphatic hydroxyl groups excluding tert-OH is 1. The standard InChI is InChI=1S/C15H28O4/c1-3-5-6-7-8-9-10-14(13-18-12-11-16)19-15(17)4-2/h4,14,16H,2-3,5-13H2,1H3. The van der Waals surface area contributed by atoms with Gasteiger partial charge in [0.25, 0.3) is 0 Å². The Kier molecular flexibility index (Phi) is 12.9. The molecule has 0 spiro atoms. The third kappa shape index (κ3) is 11.9. The zero-order valence-corrected chi connectivity index (χ0v) is 12.1. The van der Waals surface area contributed by atoms with Crippen molar-refractivity contribution in [1.29, 1.82) is 0 Å². The van der Waals surface area contributed by atoms with Crippen molar-refractivity contribution in [3.05, 3.63) is 12.7 Å². The first-order valence-electron chi connectivity index (χ1n) is 7.26. The van der Waals surface area contributed by atoms with Gasteiger partial charge in [0.1, 0.15) is 6.10 Å². The minimum Gasteiger partial charge on any atom is -0.457 e. The van der Waals surface area contributed by atoms with Crippen LogP contribution in [0.25, 0.3) is 0 Å². The Balaban J connectivity index is 3.77. The number of aliphatic hydroxyl groups is 1. The van der Waals surface area contributed by atoms with Crippen molar-refractivity contribution in [2.45, 2.75) is 58.0 Å². The van der Waals surface area contributed by atoms with Crippen LogP contribution in [0.2, 0.25) is 0 Å². The molecular formula is C15H28O4. The third-order valence-corrected chi connectivity index (χ3v) is 2.87. The molecule has 0 saturated heterocycles. The van der Waals surface area contributed by atoms with E-state index >= 15 is 0 Å². The minimum atomic E-state index is -0.413. The Labute approximate surface area is 116 Å². The second-order valence-electron chi connectivity index (χ2n) is 4.62. The summed E-state index contributed by atoms with van der Waals surface area (Å²) in [5.74, 6) is -0.413. The third-order valence-electron chi connectivity index (χ3n) is 2.87. The maximum Gasteiger partial charge on any atom is 0.330 e. The van der Waals surface area contributed by atoms with E-state index < -0.39 is 5.97 Å². The number of ether oxygens (including phenoxy) is 2. The van der Waals surface area contributed by atoms with Crippen LogP contribution in [0.3, 0.4) is 0 Å². The molecule has 0 heterocycles. The summed E-state index contributed by atoms with van der Waals surface area (Å²) >= 11 is 0. The summed E-state index contributed by atoms with van der Waals surface area (Å²) in [5.41, 5.74) is 0. The molecule has 0 bridgehead atoms. The highest BCUT2D eigenvalue weighted by atomic mass is 16.6. The highest BCUT2D eigenvalue weighted by molar-refractivity contribution is 5.81. The number of unbranched alkanes of at least 4 members (excludes halogenated alkanes) is 5. The molecule has 1 atom stereocenters. The van der Waals surface area contributed by atoms with Gasteiger partial charge in [0.2, 0.25) is 0 Å². The Morgan fingerprint density at radius 2 is 1.95 bits per heavy atom. The van der Waals surface area contributed by atoms with Gasteiger partial charge in [0, 0.05) is 6.08 Å². The van der Waals surface area contributed by atoms with Gasteiger partial charge in [-0.2, -0.15) is 0 Å². The molecule has 19 heavy (non-hydrogen) atoms. The van der Waals surface area contributed by atoms with Crippen molar-refractivity contribution < 1.29 is 19.4 Å². The Morgan fingerprint density at radius 3 is 2.58 bits per heavy atom. The van der Waals surface area contributed by atoms with Crippen LogP contribution >= 0.6 is 0 Å². The lowest BCUT2D eigenvalue weighted by Gasteiger charge is -2.17. The molecule has 0 fully saturated rings. The molecule has 4 nitrogen and oxygen atoms in total. The molecule has 0 radical (unpaired) electrons. The van der Waals surface area contributed by atoms with Gasteiger partial charge >= 0.3 is 5.97 Å². The maximum absolute atomic E-state index is 11.2. The lowest BCUT2D eigenvalue weighted by molar-refractivity contribution is -0.146. The van der Waals surface area contributed by atoms with Gasteiger partial charge in [-0.15, -0.1) is 0 Å². The molecule has 0 saturated carbocycles. The van der Waals surface area contributed by atoms with Gasteiger partial charge in [0.05, 0.1) is 19.8 Å². The first-order chi connectivity index (χ1) is 9.24. The average molecular weight is 272 g/mol. The van der Waals surface area contributed by atoms with E-state index in [0.29, 0.717) is 6.61 Å². The first kappa shape index (κ1) is 18.1. The molecule has 0 aliphatic heterocycles. The Hall–Kier alpha value is -0.870. The number of hydrogen-bond donors (Lipinski definition) is 1. The largest absolute Gasteiger partial charge is 0.457 e. The second kappa shape index (κ2) is 13.6. The topological polar surface area (TPSA) is 55.8 Å². The van der Waals surface area contributed by atoms with E-state index in [-0.39, 0.29) is 19.3 Å². The normalized spacial score (nSPS) is 12.1. The molecule has 4 heteroatoms. The van der Waals surface area contributed by atoms with Gasteiger partial charge in [-0.1, -0.05) is 45.6 Å². The summed E-state index contributed by atoms with van der Waals surface area (Å²) < 4.78 is 10.4. The lowest BCUT2D eigenvalue weighted by atomic mass is 10.1. The monoisotopic (exact) mass is 272 g/mol. The van der Waals surface area contributed by atoms with Gasteiger partial charge in [0.15, 0.2) is 0 Å². The van der Waals surface area contributed by atoms with E-state index in [0.717, 1.165) is 19.3 Å². The molecule has 0 aliphatic carbocycles. The van der Waals surface area contributed by atoms with Gasteiger partial charge in [-0.05, 0) is 12.8 Å². The van der Waals surface area contributed by atoms with Gasteiger partial charge in [-0.25, -0.2) is 4.79 Å². The molecule has 1 N–H and O–H groups in total. The number of esters is 1. The molecule has 112 valence electrons.